The van der Waals surface area contributed by atoms with Gasteiger partial charge in [-0.3, -0.25) is 5.84 Å². The molecule has 0 aromatic rings. The Morgan fingerprint density at radius 2 is 1.00 bits per heavy atom. The molecule has 0 atom stereocenters. The smallest absolute Gasteiger partial charge is 0.0244 e. The Morgan fingerprint density at radius 3 is 1.33 bits per heavy atom. The topological polar surface area (TPSA) is 29.3 Å². The van der Waals surface area contributed by atoms with Gasteiger partial charge in [-0.15, -0.1) is 12.4 Å². The molecule has 0 amide bonds. The molecule has 2 aliphatic rings. The van der Waals surface area contributed by atoms with Crippen LogP contribution in [0.5, 0.6) is 0 Å². The summed E-state index contributed by atoms with van der Waals surface area (Å²) in [5.41, 5.74) is 0. The lowest BCUT2D eigenvalue weighted by atomic mass is 9.90. The first kappa shape index (κ1) is 13.3. The SMILES string of the molecule is Cl.NN(C1CCCCC1)C1CCCCC1. The molecule has 2 aliphatic carbocycles. The second-order valence-electron chi connectivity index (χ2n) is 5.03. The molecule has 0 spiro atoms. The zero-order valence-electron chi connectivity index (χ0n) is 9.66. The normalized spacial score (nSPS) is 25.2. The zero-order valence-corrected chi connectivity index (χ0v) is 10.5. The second kappa shape index (κ2) is 6.72. The monoisotopic (exact) mass is 232 g/mol. The minimum Gasteiger partial charge on any atom is -0.268 e. The highest BCUT2D eigenvalue weighted by molar-refractivity contribution is 5.85. The molecule has 0 radical (unpaired) electrons. The molecule has 2 nitrogen and oxygen atoms in total. The van der Waals surface area contributed by atoms with Crippen molar-refractivity contribution >= 4 is 12.4 Å². The quantitative estimate of drug-likeness (QED) is 0.585. The molecular weight excluding hydrogens is 208 g/mol. The van der Waals surface area contributed by atoms with Crippen LogP contribution in [0.2, 0.25) is 0 Å². The number of hydrogen-bond acceptors (Lipinski definition) is 2. The molecule has 2 fully saturated rings. The van der Waals surface area contributed by atoms with Crippen LogP contribution in [0.4, 0.5) is 0 Å². The summed E-state index contributed by atoms with van der Waals surface area (Å²) in [4.78, 5) is 0. The van der Waals surface area contributed by atoms with Crippen LogP contribution in [-0.2, 0) is 0 Å². The predicted molar refractivity (Wildman–Crippen MR) is 67.0 cm³/mol. The lowest BCUT2D eigenvalue weighted by molar-refractivity contribution is 0.0814. The summed E-state index contributed by atoms with van der Waals surface area (Å²) in [6, 6.07) is 1.40. The van der Waals surface area contributed by atoms with Crippen LogP contribution in [0, 0.1) is 0 Å². The highest BCUT2D eigenvalue weighted by Crippen LogP contribution is 2.27. The summed E-state index contributed by atoms with van der Waals surface area (Å²) < 4.78 is 0. The van der Waals surface area contributed by atoms with Gasteiger partial charge in [-0.25, -0.2) is 5.01 Å². The van der Waals surface area contributed by atoms with Crippen molar-refractivity contribution in [3.8, 4) is 0 Å². The van der Waals surface area contributed by atoms with Gasteiger partial charge in [-0.1, -0.05) is 38.5 Å². The molecule has 2 rings (SSSR count). The fraction of sp³-hybridized carbons (Fsp3) is 1.00. The molecule has 2 N–H and O–H groups in total. The van der Waals surface area contributed by atoms with E-state index in [1.807, 2.05) is 0 Å². The van der Waals surface area contributed by atoms with E-state index < -0.39 is 0 Å². The van der Waals surface area contributed by atoms with E-state index in [2.05, 4.69) is 5.01 Å². The molecule has 0 bridgehead atoms. The van der Waals surface area contributed by atoms with Gasteiger partial charge in [0.2, 0.25) is 0 Å². The summed E-state index contributed by atoms with van der Waals surface area (Å²) in [5.74, 6) is 6.26. The average molecular weight is 233 g/mol. The third-order valence-corrected chi connectivity index (χ3v) is 3.99. The molecule has 90 valence electrons. The molecular formula is C12H25ClN2. The summed E-state index contributed by atoms with van der Waals surface area (Å²) in [7, 11) is 0. The first-order valence-corrected chi connectivity index (χ1v) is 6.41. The summed E-state index contributed by atoms with van der Waals surface area (Å²) in [5, 5.41) is 2.22. The second-order valence-corrected chi connectivity index (χ2v) is 5.03. The minimum absolute atomic E-state index is 0. The van der Waals surface area contributed by atoms with Crippen LogP contribution in [0.25, 0.3) is 0 Å². The lowest BCUT2D eigenvalue weighted by Crippen LogP contribution is -2.49. The highest BCUT2D eigenvalue weighted by Gasteiger charge is 2.26. The Hall–Kier alpha value is 0.210. The Kier molecular flexibility index (Phi) is 5.95. The number of hydrogen-bond donors (Lipinski definition) is 1. The van der Waals surface area contributed by atoms with Crippen LogP contribution < -0.4 is 5.84 Å². The van der Waals surface area contributed by atoms with Gasteiger partial charge >= 0.3 is 0 Å². The van der Waals surface area contributed by atoms with E-state index in [0.717, 1.165) is 0 Å². The molecule has 2 saturated carbocycles. The van der Waals surface area contributed by atoms with Gasteiger partial charge in [-0.05, 0) is 25.7 Å². The Balaban J connectivity index is 0.00000112. The van der Waals surface area contributed by atoms with Crippen molar-refractivity contribution in [3.05, 3.63) is 0 Å². The predicted octanol–water partition coefficient (Wildman–Crippen LogP) is 3.25. The summed E-state index contributed by atoms with van der Waals surface area (Å²) in [6.45, 7) is 0. The van der Waals surface area contributed by atoms with Gasteiger partial charge in [-0.2, -0.15) is 0 Å². The van der Waals surface area contributed by atoms with Crippen LogP contribution in [0.3, 0.4) is 0 Å². The maximum absolute atomic E-state index is 6.26. The maximum Gasteiger partial charge on any atom is 0.0244 e. The van der Waals surface area contributed by atoms with Crippen LogP contribution >= 0.6 is 12.4 Å². The van der Waals surface area contributed by atoms with Gasteiger partial charge in [0, 0.05) is 12.1 Å². The first-order chi connectivity index (χ1) is 6.88. The number of hydrazine groups is 1. The standard InChI is InChI=1S/C12H24N2.ClH/c13-14(11-7-3-1-4-8-11)12-9-5-2-6-10-12;/h11-12H,1-10,13H2;1H. The van der Waals surface area contributed by atoms with E-state index in [-0.39, 0.29) is 12.4 Å². The van der Waals surface area contributed by atoms with Crippen LogP contribution in [0.1, 0.15) is 64.2 Å². The third kappa shape index (κ3) is 3.61. The molecule has 0 saturated heterocycles. The molecule has 0 aliphatic heterocycles. The first-order valence-electron chi connectivity index (χ1n) is 6.41. The minimum atomic E-state index is 0. The van der Waals surface area contributed by atoms with Crippen molar-refractivity contribution in [1.29, 1.82) is 0 Å². The van der Waals surface area contributed by atoms with Crippen molar-refractivity contribution in [3.63, 3.8) is 0 Å². The van der Waals surface area contributed by atoms with Gasteiger partial charge in [0.15, 0.2) is 0 Å². The van der Waals surface area contributed by atoms with Gasteiger partial charge in [0.05, 0.1) is 0 Å². The molecule has 15 heavy (non-hydrogen) atoms. The van der Waals surface area contributed by atoms with E-state index in [1.54, 1.807) is 0 Å². The van der Waals surface area contributed by atoms with E-state index in [9.17, 15) is 0 Å². The fourth-order valence-corrected chi connectivity index (χ4v) is 3.06. The number of nitrogens with two attached hydrogens (primary N) is 1. The van der Waals surface area contributed by atoms with Crippen molar-refractivity contribution in [1.82, 2.24) is 5.01 Å². The van der Waals surface area contributed by atoms with Gasteiger partial charge < -0.3 is 0 Å². The number of halogens is 1. The van der Waals surface area contributed by atoms with Gasteiger partial charge in [0.25, 0.3) is 0 Å². The van der Waals surface area contributed by atoms with Crippen molar-refractivity contribution in [2.75, 3.05) is 0 Å². The molecule has 0 aromatic heterocycles. The summed E-state index contributed by atoms with van der Waals surface area (Å²) >= 11 is 0. The summed E-state index contributed by atoms with van der Waals surface area (Å²) in [6.07, 6.45) is 13.8. The molecule has 0 unspecified atom stereocenters. The van der Waals surface area contributed by atoms with Crippen LogP contribution in [0.15, 0.2) is 0 Å². The largest absolute Gasteiger partial charge is 0.268 e. The number of nitrogens with zero attached hydrogens (tertiary/aromatic N) is 1. The van der Waals surface area contributed by atoms with E-state index in [0.29, 0.717) is 12.1 Å². The Morgan fingerprint density at radius 1 is 0.667 bits per heavy atom. The molecule has 3 heteroatoms. The van der Waals surface area contributed by atoms with Crippen LogP contribution in [-0.4, -0.2) is 17.1 Å². The van der Waals surface area contributed by atoms with Gasteiger partial charge in [0.1, 0.15) is 0 Å². The third-order valence-electron chi connectivity index (χ3n) is 3.99. The fourth-order valence-electron chi connectivity index (χ4n) is 3.06. The number of rotatable bonds is 2. The zero-order chi connectivity index (χ0) is 9.80. The van der Waals surface area contributed by atoms with E-state index >= 15 is 0 Å². The highest BCUT2D eigenvalue weighted by atomic mass is 35.5. The van der Waals surface area contributed by atoms with E-state index in [4.69, 9.17) is 5.84 Å². The maximum atomic E-state index is 6.26. The van der Waals surface area contributed by atoms with E-state index in [1.165, 1.54) is 64.2 Å². The van der Waals surface area contributed by atoms with Crippen molar-refractivity contribution in [2.24, 2.45) is 5.84 Å². The van der Waals surface area contributed by atoms with Crippen molar-refractivity contribution in [2.45, 2.75) is 76.3 Å². The Labute approximate surface area is 100.0 Å². The molecule has 0 heterocycles. The average Bonchev–Trinajstić information content (AvgIpc) is 2.30. The lowest BCUT2D eigenvalue weighted by Gasteiger charge is -2.38. The molecule has 0 aromatic carbocycles. The van der Waals surface area contributed by atoms with Crippen molar-refractivity contribution < 1.29 is 0 Å². The Bertz CT molecular complexity index is 145.